The third kappa shape index (κ3) is 6.66. The van der Waals surface area contributed by atoms with Gasteiger partial charge in [-0.05, 0) is 0 Å². The van der Waals surface area contributed by atoms with Crippen molar-refractivity contribution in [1.82, 2.24) is 0 Å². The van der Waals surface area contributed by atoms with Crippen molar-refractivity contribution >= 4 is 0 Å². The van der Waals surface area contributed by atoms with Gasteiger partial charge < -0.3 is 0 Å². The monoisotopic (exact) mass is 255 g/mol. The molecule has 4 nitrogen and oxygen atoms in total. The molecule has 0 aliphatic rings. The summed E-state index contributed by atoms with van der Waals surface area (Å²) in [5, 5.41) is 0. The van der Waals surface area contributed by atoms with Crippen molar-refractivity contribution < 1.29 is 27.7 Å². The first-order valence-electron chi connectivity index (χ1n) is 5.77. The fourth-order valence-electron chi connectivity index (χ4n) is 1.41. The normalized spacial score (nSPS) is 14.2. The number of hydrogen-bond donors (Lipinski definition) is 1. The van der Waals surface area contributed by atoms with Crippen molar-refractivity contribution in [3.05, 3.63) is 0 Å². The van der Waals surface area contributed by atoms with Gasteiger partial charge in [0.05, 0.1) is 0 Å². The SMILES string of the molecule is CC[O][Ti]([CH2]CC(C)N)([O]CC)[O]CC. The molecule has 1 unspecified atom stereocenters. The van der Waals surface area contributed by atoms with Gasteiger partial charge in [0, 0.05) is 0 Å². The van der Waals surface area contributed by atoms with Crippen molar-refractivity contribution in [2.45, 2.75) is 44.9 Å². The molecule has 2 N–H and O–H groups in total. The van der Waals surface area contributed by atoms with Gasteiger partial charge in [0.15, 0.2) is 0 Å². The minimum atomic E-state index is -2.98. The van der Waals surface area contributed by atoms with Crippen LogP contribution in [0, 0.1) is 0 Å². The first-order chi connectivity index (χ1) is 7.10. The van der Waals surface area contributed by atoms with Gasteiger partial charge in [-0.15, -0.1) is 0 Å². The van der Waals surface area contributed by atoms with Crippen LogP contribution in [-0.2, 0) is 27.7 Å². The molecule has 0 bridgehead atoms. The van der Waals surface area contributed by atoms with Crippen molar-refractivity contribution in [2.24, 2.45) is 5.73 Å². The Bertz CT molecular complexity index is 139. The summed E-state index contributed by atoms with van der Waals surface area (Å²) in [6.07, 6.45) is 0.903. The fourth-order valence-corrected chi connectivity index (χ4v) is 5.80. The van der Waals surface area contributed by atoms with E-state index in [9.17, 15) is 0 Å². The quantitative estimate of drug-likeness (QED) is 0.641. The van der Waals surface area contributed by atoms with Gasteiger partial charge in [0.2, 0.25) is 0 Å². The maximum absolute atomic E-state index is 5.75. The third-order valence-electron chi connectivity index (χ3n) is 2.00. The van der Waals surface area contributed by atoms with Crippen molar-refractivity contribution in [3.8, 4) is 0 Å². The Morgan fingerprint density at radius 1 is 1.00 bits per heavy atom. The summed E-state index contributed by atoms with van der Waals surface area (Å²) in [4.78, 5) is 0. The molecule has 0 saturated carbocycles. The van der Waals surface area contributed by atoms with Crippen molar-refractivity contribution in [1.29, 1.82) is 0 Å². The van der Waals surface area contributed by atoms with Crippen molar-refractivity contribution in [3.63, 3.8) is 0 Å². The molecule has 0 rings (SSSR count). The Morgan fingerprint density at radius 2 is 1.40 bits per heavy atom. The van der Waals surface area contributed by atoms with E-state index in [0.29, 0.717) is 19.8 Å². The number of hydrogen-bond acceptors (Lipinski definition) is 4. The van der Waals surface area contributed by atoms with Crippen LogP contribution < -0.4 is 5.73 Å². The van der Waals surface area contributed by atoms with E-state index in [4.69, 9.17) is 15.7 Å². The molecule has 15 heavy (non-hydrogen) atoms. The molecule has 0 aromatic carbocycles. The summed E-state index contributed by atoms with van der Waals surface area (Å²) in [6.45, 7) is 9.88. The maximum atomic E-state index is 5.75. The first-order valence-corrected chi connectivity index (χ1v) is 8.79. The number of rotatable bonds is 9. The molecule has 0 fully saturated rings. The van der Waals surface area contributed by atoms with Crippen LogP contribution in [0.1, 0.15) is 34.1 Å². The zero-order valence-corrected chi connectivity index (χ0v) is 12.0. The van der Waals surface area contributed by atoms with Crippen LogP contribution in [0.2, 0.25) is 4.73 Å². The van der Waals surface area contributed by atoms with E-state index >= 15 is 0 Å². The molecule has 0 radical (unpaired) electrons. The molecule has 0 aliphatic carbocycles. The van der Waals surface area contributed by atoms with E-state index in [-0.39, 0.29) is 6.04 Å². The zero-order valence-electron chi connectivity index (χ0n) is 10.4. The summed E-state index contributed by atoms with van der Waals surface area (Å²) < 4.78 is 18.1. The van der Waals surface area contributed by atoms with Crippen molar-refractivity contribution in [2.75, 3.05) is 19.8 Å². The Labute approximate surface area is 98.2 Å². The summed E-state index contributed by atoms with van der Waals surface area (Å²) >= 11 is -2.98. The van der Waals surface area contributed by atoms with Crippen LogP contribution in [0.5, 0.6) is 0 Å². The van der Waals surface area contributed by atoms with Gasteiger partial charge >= 0.3 is 98.1 Å². The molecule has 0 saturated heterocycles. The van der Waals surface area contributed by atoms with Gasteiger partial charge in [0.25, 0.3) is 0 Å². The van der Waals surface area contributed by atoms with Crippen LogP contribution in [0.25, 0.3) is 0 Å². The van der Waals surface area contributed by atoms with Crippen LogP contribution in [0.4, 0.5) is 0 Å². The Balaban J connectivity index is 4.31. The molecule has 0 heterocycles. The van der Waals surface area contributed by atoms with E-state index in [1.54, 1.807) is 0 Å². The molecule has 92 valence electrons. The standard InChI is InChI=1S/C4H10N.3C2H5O.Ti/c1-3-4(2)5;3*1-2-3;/h4H,1,3,5H2,2H3;3*2H2,1H3;/q;3*-1;+3. The van der Waals surface area contributed by atoms with Crippen LogP contribution in [0.15, 0.2) is 0 Å². The van der Waals surface area contributed by atoms with E-state index in [0.717, 1.165) is 11.1 Å². The molecule has 5 heteroatoms. The number of nitrogens with two attached hydrogens (primary N) is 1. The van der Waals surface area contributed by atoms with Gasteiger partial charge in [-0.2, -0.15) is 0 Å². The molecule has 1 atom stereocenters. The molecule has 0 amide bonds. The van der Waals surface area contributed by atoms with Gasteiger partial charge in [0.1, 0.15) is 0 Å². The summed E-state index contributed by atoms with van der Waals surface area (Å²) in [7, 11) is 0. The predicted octanol–water partition coefficient (Wildman–Crippen LogP) is 2.15. The first kappa shape index (κ1) is 15.6. The second-order valence-electron chi connectivity index (χ2n) is 3.50. The van der Waals surface area contributed by atoms with Crippen LogP contribution in [-0.4, -0.2) is 25.9 Å². The molecular formula is C10H25NO3Ti. The Kier molecular flexibility index (Phi) is 9.00. The average Bonchev–Trinajstić information content (AvgIpc) is 2.16. The zero-order chi connectivity index (χ0) is 11.7. The summed E-state index contributed by atoms with van der Waals surface area (Å²) in [5.41, 5.74) is 5.75. The van der Waals surface area contributed by atoms with E-state index in [1.165, 1.54) is 0 Å². The van der Waals surface area contributed by atoms with E-state index in [2.05, 4.69) is 0 Å². The van der Waals surface area contributed by atoms with Gasteiger partial charge in [-0.25, -0.2) is 0 Å². The predicted molar refractivity (Wildman–Crippen MR) is 58.0 cm³/mol. The molecular weight excluding hydrogens is 230 g/mol. The van der Waals surface area contributed by atoms with E-state index in [1.807, 2.05) is 27.7 Å². The topological polar surface area (TPSA) is 53.7 Å². The Hall–Kier alpha value is 0.554. The molecule has 0 spiro atoms. The van der Waals surface area contributed by atoms with Gasteiger partial charge in [-0.3, -0.25) is 0 Å². The molecule has 0 aromatic rings. The second-order valence-corrected chi connectivity index (χ2v) is 7.76. The fraction of sp³-hybridized carbons (Fsp3) is 1.00. The summed E-state index contributed by atoms with van der Waals surface area (Å²) in [6, 6.07) is 0.177. The third-order valence-corrected chi connectivity index (χ3v) is 6.82. The average molecular weight is 255 g/mol. The Morgan fingerprint density at radius 3 is 1.67 bits per heavy atom. The molecule has 0 aliphatic heterocycles. The minimum absolute atomic E-state index is 0.177. The second kappa shape index (κ2) is 8.68. The summed E-state index contributed by atoms with van der Waals surface area (Å²) in [5.74, 6) is 0. The van der Waals surface area contributed by atoms with Crippen LogP contribution in [0.3, 0.4) is 0 Å². The molecule has 0 aromatic heterocycles. The van der Waals surface area contributed by atoms with Crippen LogP contribution >= 0.6 is 0 Å². The van der Waals surface area contributed by atoms with Gasteiger partial charge in [-0.1, -0.05) is 0 Å². The van der Waals surface area contributed by atoms with E-state index < -0.39 is 17.8 Å².